The molecule has 0 saturated carbocycles. The maximum Gasteiger partial charge on any atom is 0.242 e. The van der Waals surface area contributed by atoms with E-state index in [9.17, 15) is 12.8 Å². The van der Waals surface area contributed by atoms with Crippen molar-refractivity contribution in [2.24, 2.45) is 0 Å². The molecular formula is C13H12ClFN2O2S. The van der Waals surface area contributed by atoms with Gasteiger partial charge in [0.15, 0.2) is 0 Å². The molecule has 0 spiro atoms. The summed E-state index contributed by atoms with van der Waals surface area (Å²) in [6.45, 7) is 0.0936. The van der Waals surface area contributed by atoms with E-state index in [0.717, 1.165) is 23.8 Å². The van der Waals surface area contributed by atoms with Crippen LogP contribution in [0.4, 0.5) is 10.1 Å². The fraction of sp³-hybridized carbons (Fsp3) is 0.0769. The molecule has 0 aliphatic carbocycles. The highest BCUT2D eigenvalue weighted by Crippen LogP contribution is 2.22. The van der Waals surface area contributed by atoms with Gasteiger partial charge in [-0.3, -0.25) is 0 Å². The maximum absolute atomic E-state index is 12.9. The first-order chi connectivity index (χ1) is 9.38. The summed E-state index contributed by atoms with van der Waals surface area (Å²) < 4.78 is 39.4. The number of halogens is 2. The second-order valence-corrected chi connectivity index (χ2v) is 6.28. The zero-order chi connectivity index (χ0) is 14.8. The van der Waals surface area contributed by atoms with Crippen LogP contribution in [0.1, 0.15) is 5.56 Å². The van der Waals surface area contributed by atoms with Gasteiger partial charge in [-0.05, 0) is 35.9 Å². The molecule has 0 unspecified atom stereocenters. The van der Waals surface area contributed by atoms with Gasteiger partial charge in [-0.25, -0.2) is 17.5 Å². The Bertz CT molecular complexity index is 718. The number of hydrogen-bond acceptors (Lipinski definition) is 3. The third kappa shape index (κ3) is 3.47. The third-order valence-electron chi connectivity index (χ3n) is 2.63. The Morgan fingerprint density at radius 2 is 1.80 bits per heavy atom. The van der Waals surface area contributed by atoms with Crippen molar-refractivity contribution in [2.45, 2.75) is 11.4 Å². The number of nitrogens with two attached hydrogens (primary N) is 1. The van der Waals surface area contributed by atoms with E-state index in [-0.39, 0.29) is 16.5 Å². The van der Waals surface area contributed by atoms with Crippen LogP contribution >= 0.6 is 11.6 Å². The van der Waals surface area contributed by atoms with Crippen molar-refractivity contribution >= 4 is 27.3 Å². The molecule has 0 radical (unpaired) electrons. The Labute approximate surface area is 121 Å². The number of anilines is 1. The summed E-state index contributed by atoms with van der Waals surface area (Å²) >= 11 is 5.74. The minimum absolute atomic E-state index is 0.0936. The van der Waals surface area contributed by atoms with Crippen LogP contribution in [0.25, 0.3) is 0 Å². The van der Waals surface area contributed by atoms with Crippen molar-refractivity contribution in [1.29, 1.82) is 0 Å². The zero-order valence-electron chi connectivity index (χ0n) is 10.3. The predicted molar refractivity (Wildman–Crippen MR) is 76.3 cm³/mol. The Hall–Kier alpha value is -1.63. The monoisotopic (exact) mass is 314 g/mol. The number of rotatable bonds is 4. The second-order valence-electron chi connectivity index (χ2n) is 4.14. The molecule has 3 N–H and O–H groups in total. The van der Waals surface area contributed by atoms with Crippen molar-refractivity contribution in [3.63, 3.8) is 0 Å². The highest BCUT2D eigenvalue weighted by molar-refractivity contribution is 7.89. The largest absolute Gasteiger partial charge is 0.399 e. The molecule has 0 atom stereocenters. The molecule has 20 heavy (non-hydrogen) atoms. The lowest BCUT2D eigenvalue weighted by molar-refractivity contribution is 0.580. The number of nitrogen functional groups attached to an aromatic ring is 1. The molecule has 0 aromatic heterocycles. The number of benzene rings is 2. The van der Waals surface area contributed by atoms with Crippen LogP contribution in [0.5, 0.6) is 0 Å². The van der Waals surface area contributed by atoms with Gasteiger partial charge in [0.2, 0.25) is 10.0 Å². The van der Waals surface area contributed by atoms with E-state index in [0.29, 0.717) is 5.69 Å². The Balaban J connectivity index is 2.17. The summed E-state index contributed by atoms with van der Waals surface area (Å²) in [5.41, 5.74) is 6.89. The van der Waals surface area contributed by atoms with E-state index in [2.05, 4.69) is 4.72 Å². The van der Waals surface area contributed by atoms with Gasteiger partial charge in [0.1, 0.15) is 10.7 Å². The highest BCUT2D eigenvalue weighted by Gasteiger charge is 2.17. The summed E-state index contributed by atoms with van der Waals surface area (Å²) in [5, 5.41) is -0.158. The molecule has 2 rings (SSSR count). The van der Waals surface area contributed by atoms with Crippen LogP contribution in [-0.4, -0.2) is 8.42 Å². The minimum atomic E-state index is -3.80. The molecule has 0 aliphatic rings. The first-order valence-corrected chi connectivity index (χ1v) is 7.54. The van der Waals surface area contributed by atoms with Crippen LogP contribution in [0.2, 0.25) is 5.02 Å². The molecule has 4 nitrogen and oxygen atoms in total. The fourth-order valence-corrected chi connectivity index (χ4v) is 3.13. The Morgan fingerprint density at radius 3 is 2.40 bits per heavy atom. The first kappa shape index (κ1) is 14.8. The first-order valence-electron chi connectivity index (χ1n) is 5.67. The summed E-state index contributed by atoms with van der Waals surface area (Å²) in [7, 11) is -3.80. The van der Waals surface area contributed by atoms with E-state index in [1.54, 1.807) is 24.3 Å². The molecule has 0 amide bonds. The van der Waals surface area contributed by atoms with E-state index >= 15 is 0 Å². The van der Waals surface area contributed by atoms with Crippen LogP contribution in [0, 0.1) is 5.82 Å². The quantitative estimate of drug-likeness (QED) is 0.852. The van der Waals surface area contributed by atoms with Gasteiger partial charge in [0.25, 0.3) is 0 Å². The Kier molecular flexibility index (Phi) is 4.27. The van der Waals surface area contributed by atoms with Crippen LogP contribution < -0.4 is 10.5 Å². The summed E-state index contributed by atoms with van der Waals surface area (Å²) in [6.07, 6.45) is 0. The van der Waals surface area contributed by atoms with Crippen molar-refractivity contribution in [1.82, 2.24) is 4.72 Å². The topological polar surface area (TPSA) is 72.2 Å². The van der Waals surface area contributed by atoms with Crippen LogP contribution in [-0.2, 0) is 16.6 Å². The number of nitrogens with one attached hydrogen (secondary N) is 1. The molecule has 7 heteroatoms. The van der Waals surface area contributed by atoms with Gasteiger partial charge in [-0.2, -0.15) is 0 Å². The smallest absolute Gasteiger partial charge is 0.242 e. The molecule has 2 aromatic rings. The summed E-state index contributed by atoms with van der Waals surface area (Å²) in [5.74, 6) is -0.590. The average Bonchev–Trinajstić information content (AvgIpc) is 2.37. The summed E-state index contributed by atoms with van der Waals surface area (Å²) in [4.78, 5) is -0.156. The zero-order valence-corrected chi connectivity index (χ0v) is 11.9. The van der Waals surface area contributed by atoms with E-state index in [4.69, 9.17) is 17.3 Å². The van der Waals surface area contributed by atoms with Gasteiger partial charge >= 0.3 is 0 Å². The number of hydrogen-bond donors (Lipinski definition) is 2. The normalized spacial score (nSPS) is 11.5. The number of sulfonamides is 1. The molecule has 106 valence electrons. The van der Waals surface area contributed by atoms with Gasteiger partial charge < -0.3 is 5.73 Å². The lowest BCUT2D eigenvalue weighted by Crippen LogP contribution is -2.23. The lowest BCUT2D eigenvalue weighted by Gasteiger charge is -2.08. The van der Waals surface area contributed by atoms with Crippen molar-refractivity contribution in [2.75, 3.05) is 5.73 Å². The molecule has 0 fully saturated rings. The van der Waals surface area contributed by atoms with Crippen LogP contribution in [0.3, 0.4) is 0 Å². The predicted octanol–water partition coefficient (Wildman–Crippen LogP) is 2.54. The maximum atomic E-state index is 12.9. The van der Waals surface area contributed by atoms with E-state index < -0.39 is 15.8 Å². The summed E-state index contributed by atoms with van der Waals surface area (Å²) in [6, 6.07) is 9.91. The molecule has 0 saturated heterocycles. The van der Waals surface area contributed by atoms with E-state index in [1.165, 1.54) is 0 Å². The second kappa shape index (κ2) is 5.78. The molecule has 2 aromatic carbocycles. The molecule has 0 aliphatic heterocycles. The van der Waals surface area contributed by atoms with Crippen LogP contribution in [0.15, 0.2) is 47.4 Å². The SMILES string of the molecule is Nc1ccc(CNS(=O)(=O)c2ccc(F)cc2Cl)cc1. The molecule has 0 bridgehead atoms. The van der Waals surface area contributed by atoms with Gasteiger partial charge in [0.05, 0.1) is 5.02 Å². The van der Waals surface area contributed by atoms with Gasteiger partial charge in [-0.1, -0.05) is 23.7 Å². The minimum Gasteiger partial charge on any atom is -0.399 e. The lowest BCUT2D eigenvalue weighted by atomic mass is 10.2. The van der Waals surface area contributed by atoms with Gasteiger partial charge in [-0.15, -0.1) is 0 Å². The van der Waals surface area contributed by atoms with Crippen molar-refractivity contribution in [3.05, 3.63) is 58.9 Å². The van der Waals surface area contributed by atoms with Crippen molar-refractivity contribution < 1.29 is 12.8 Å². The van der Waals surface area contributed by atoms with Crippen molar-refractivity contribution in [3.8, 4) is 0 Å². The van der Waals surface area contributed by atoms with E-state index in [1.807, 2.05) is 0 Å². The third-order valence-corrected chi connectivity index (χ3v) is 4.51. The average molecular weight is 315 g/mol. The van der Waals surface area contributed by atoms with Gasteiger partial charge in [0, 0.05) is 12.2 Å². The fourth-order valence-electron chi connectivity index (χ4n) is 1.58. The standard InChI is InChI=1S/C13H12ClFN2O2S/c14-12-7-10(15)3-6-13(12)20(18,19)17-8-9-1-4-11(16)5-2-9/h1-7,17H,8,16H2. The Morgan fingerprint density at radius 1 is 1.15 bits per heavy atom. The highest BCUT2D eigenvalue weighted by atomic mass is 35.5. The molecular weight excluding hydrogens is 303 g/mol. The molecule has 0 heterocycles.